The van der Waals surface area contributed by atoms with E-state index >= 15 is 0 Å². The van der Waals surface area contributed by atoms with Gasteiger partial charge >= 0.3 is 0 Å². The Labute approximate surface area is 116 Å². The van der Waals surface area contributed by atoms with E-state index in [1.54, 1.807) is 0 Å². The zero-order valence-corrected chi connectivity index (χ0v) is 11.9. The number of fused-ring (bicyclic) bond motifs is 1. The van der Waals surface area contributed by atoms with Gasteiger partial charge in [0, 0.05) is 30.5 Å². The van der Waals surface area contributed by atoms with Gasteiger partial charge in [0.2, 0.25) is 0 Å². The van der Waals surface area contributed by atoms with Crippen LogP contribution in [0.15, 0.2) is 18.2 Å². The number of benzene rings is 1. The minimum Gasteiger partial charge on any atom is -0.399 e. The molecule has 3 nitrogen and oxygen atoms in total. The fraction of sp³-hybridized carbons (Fsp3) is 0.625. The molecular weight excluding hydrogens is 234 g/mol. The Morgan fingerprint density at radius 1 is 1.26 bits per heavy atom. The fourth-order valence-corrected chi connectivity index (χ4v) is 3.58. The molecule has 0 aliphatic carbocycles. The largest absolute Gasteiger partial charge is 0.399 e. The Bertz CT molecular complexity index is 444. The van der Waals surface area contributed by atoms with Crippen LogP contribution in [0, 0.1) is 0 Å². The minimum atomic E-state index is 0.791. The van der Waals surface area contributed by atoms with Crippen molar-refractivity contribution < 1.29 is 0 Å². The van der Waals surface area contributed by atoms with Crippen molar-refractivity contribution in [3.8, 4) is 0 Å². The van der Waals surface area contributed by atoms with E-state index in [0.29, 0.717) is 0 Å². The van der Waals surface area contributed by atoms with E-state index in [9.17, 15) is 0 Å². The molecule has 1 fully saturated rings. The molecule has 104 valence electrons. The summed E-state index contributed by atoms with van der Waals surface area (Å²) < 4.78 is 0. The topological polar surface area (TPSA) is 32.5 Å². The second-order valence-electron chi connectivity index (χ2n) is 6.04. The van der Waals surface area contributed by atoms with Gasteiger partial charge in [0.1, 0.15) is 0 Å². The zero-order chi connectivity index (χ0) is 13.2. The normalized spacial score (nSPS) is 23.6. The summed E-state index contributed by atoms with van der Waals surface area (Å²) >= 11 is 0. The second kappa shape index (κ2) is 5.41. The van der Waals surface area contributed by atoms with E-state index in [-0.39, 0.29) is 0 Å². The molecule has 0 aromatic heterocycles. The van der Waals surface area contributed by atoms with Gasteiger partial charge in [0.05, 0.1) is 0 Å². The summed E-state index contributed by atoms with van der Waals surface area (Å²) in [4.78, 5) is 5.08. The molecule has 0 amide bonds. The molecule has 1 saturated heterocycles. The van der Waals surface area contributed by atoms with Gasteiger partial charge in [-0.1, -0.05) is 0 Å². The number of hydrogen-bond acceptors (Lipinski definition) is 3. The van der Waals surface area contributed by atoms with E-state index in [4.69, 9.17) is 5.73 Å². The molecule has 2 heterocycles. The van der Waals surface area contributed by atoms with Crippen LogP contribution in [-0.2, 0) is 6.42 Å². The van der Waals surface area contributed by atoms with Gasteiger partial charge in [0.25, 0.3) is 0 Å². The van der Waals surface area contributed by atoms with E-state index in [1.807, 2.05) is 6.07 Å². The van der Waals surface area contributed by atoms with Crippen molar-refractivity contribution in [1.82, 2.24) is 4.90 Å². The third-order valence-corrected chi connectivity index (χ3v) is 4.72. The zero-order valence-electron chi connectivity index (χ0n) is 11.9. The van der Waals surface area contributed by atoms with Crippen LogP contribution < -0.4 is 10.6 Å². The smallest absolute Gasteiger partial charge is 0.0400 e. The maximum absolute atomic E-state index is 5.89. The molecule has 2 N–H and O–H groups in total. The van der Waals surface area contributed by atoms with Crippen molar-refractivity contribution in [1.29, 1.82) is 0 Å². The molecule has 1 atom stereocenters. The molecule has 3 heteroatoms. The lowest BCUT2D eigenvalue weighted by molar-refractivity contribution is 0.297. The quantitative estimate of drug-likeness (QED) is 0.847. The van der Waals surface area contributed by atoms with Crippen LogP contribution in [-0.4, -0.2) is 37.6 Å². The number of anilines is 2. The summed E-state index contributed by atoms with van der Waals surface area (Å²) in [6.45, 7) is 3.66. The van der Waals surface area contributed by atoms with E-state index in [2.05, 4.69) is 29.0 Å². The Hall–Kier alpha value is -1.22. The van der Waals surface area contributed by atoms with Crippen molar-refractivity contribution in [3.63, 3.8) is 0 Å². The first-order valence-corrected chi connectivity index (χ1v) is 7.57. The minimum absolute atomic E-state index is 0.791. The van der Waals surface area contributed by atoms with E-state index in [0.717, 1.165) is 11.7 Å². The first-order valence-electron chi connectivity index (χ1n) is 7.57. The molecule has 0 spiro atoms. The fourth-order valence-electron chi connectivity index (χ4n) is 3.58. The van der Waals surface area contributed by atoms with Crippen molar-refractivity contribution in [2.75, 3.05) is 37.3 Å². The average Bonchev–Trinajstić information content (AvgIpc) is 2.81. The summed E-state index contributed by atoms with van der Waals surface area (Å²) in [5, 5.41) is 0. The number of nitrogens with zero attached hydrogens (tertiary/aromatic N) is 2. The summed E-state index contributed by atoms with van der Waals surface area (Å²) in [6.07, 6.45) is 6.48. The van der Waals surface area contributed by atoms with E-state index < -0.39 is 0 Å². The van der Waals surface area contributed by atoms with Crippen molar-refractivity contribution in [2.24, 2.45) is 0 Å². The van der Waals surface area contributed by atoms with Gasteiger partial charge in [-0.3, -0.25) is 0 Å². The number of likely N-dealkylation sites (tertiary alicyclic amines) is 1. The van der Waals surface area contributed by atoms with Gasteiger partial charge in [-0.2, -0.15) is 0 Å². The van der Waals surface area contributed by atoms with Crippen LogP contribution in [0.4, 0.5) is 11.4 Å². The summed E-state index contributed by atoms with van der Waals surface area (Å²) in [7, 11) is 2.27. The Balaban J connectivity index is 1.66. The molecule has 0 radical (unpaired) electrons. The first-order chi connectivity index (χ1) is 9.24. The molecule has 0 bridgehead atoms. The Kier molecular flexibility index (Phi) is 3.65. The highest BCUT2D eigenvalue weighted by Gasteiger charge is 2.23. The summed E-state index contributed by atoms with van der Waals surface area (Å²) in [5.74, 6) is 0. The van der Waals surface area contributed by atoms with Gasteiger partial charge in [-0.15, -0.1) is 0 Å². The van der Waals surface area contributed by atoms with Crippen molar-refractivity contribution in [2.45, 2.75) is 38.1 Å². The number of nitrogens with two attached hydrogens (primary N) is 1. The predicted molar refractivity (Wildman–Crippen MR) is 81.7 cm³/mol. The molecule has 2 aliphatic rings. The lowest BCUT2D eigenvalue weighted by atomic mass is 10.00. The van der Waals surface area contributed by atoms with Crippen LogP contribution in [0.3, 0.4) is 0 Å². The molecule has 1 unspecified atom stereocenters. The van der Waals surface area contributed by atoms with Crippen LogP contribution in [0.5, 0.6) is 0 Å². The van der Waals surface area contributed by atoms with E-state index in [1.165, 1.54) is 63.0 Å². The van der Waals surface area contributed by atoms with Gasteiger partial charge < -0.3 is 15.5 Å². The summed E-state index contributed by atoms with van der Waals surface area (Å²) in [5.41, 5.74) is 9.65. The molecule has 0 saturated carbocycles. The van der Waals surface area contributed by atoms with Crippen LogP contribution in [0.1, 0.15) is 31.2 Å². The maximum atomic E-state index is 5.89. The SMILES string of the molecule is CN1CCCC1CCN1CCCc2cc(N)ccc21. The number of nitrogen functional groups attached to an aromatic ring is 1. The third-order valence-electron chi connectivity index (χ3n) is 4.72. The van der Waals surface area contributed by atoms with Crippen LogP contribution in [0.25, 0.3) is 0 Å². The number of rotatable bonds is 3. The number of aryl methyl sites for hydroxylation is 1. The third kappa shape index (κ3) is 2.71. The first kappa shape index (κ1) is 12.8. The standard InChI is InChI=1S/C16H25N3/c1-18-9-3-5-15(18)8-11-19-10-2-4-13-12-14(17)6-7-16(13)19/h6-7,12,15H,2-5,8-11,17H2,1H3. The highest BCUT2D eigenvalue weighted by atomic mass is 15.2. The lowest BCUT2D eigenvalue weighted by Gasteiger charge is -2.33. The maximum Gasteiger partial charge on any atom is 0.0400 e. The number of hydrogen-bond donors (Lipinski definition) is 1. The molecular formula is C16H25N3. The Morgan fingerprint density at radius 2 is 2.16 bits per heavy atom. The van der Waals surface area contributed by atoms with Gasteiger partial charge in [-0.05, 0) is 69.5 Å². The molecule has 1 aromatic rings. The molecule has 2 aliphatic heterocycles. The lowest BCUT2D eigenvalue weighted by Crippen LogP contribution is -2.34. The summed E-state index contributed by atoms with van der Waals surface area (Å²) in [6, 6.07) is 7.20. The highest BCUT2D eigenvalue weighted by Crippen LogP contribution is 2.29. The molecule has 3 rings (SSSR count). The monoisotopic (exact) mass is 259 g/mol. The molecule has 1 aromatic carbocycles. The molecule has 19 heavy (non-hydrogen) atoms. The van der Waals surface area contributed by atoms with Crippen molar-refractivity contribution >= 4 is 11.4 Å². The highest BCUT2D eigenvalue weighted by molar-refractivity contribution is 5.61. The Morgan fingerprint density at radius 3 is 2.95 bits per heavy atom. The predicted octanol–water partition coefficient (Wildman–Crippen LogP) is 2.51. The van der Waals surface area contributed by atoms with Crippen molar-refractivity contribution in [3.05, 3.63) is 23.8 Å². The van der Waals surface area contributed by atoms with Gasteiger partial charge in [-0.25, -0.2) is 0 Å². The van der Waals surface area contributed by atoms with Gasteiger partial charge in [0.15, 0.2) is 0 Å². The second-order valence-corrected chi connectivity index (χ2v) is 6.04. The average molecular weight is 259 g/mol. The van der Waals surface area contributed by atoms with Crippen LogP contribution >= 0.6 is 0 Å². The van der Waals surface area contributed by atoms with Crippen LogP contribution in [0.2, 0.25) is 0 Å².